The van der Waals surface area contributed by atoms with Crippen LogP contribution in [-0.4, -0.2) is 25.5 Å². The second-order valence-corrected chi connectivity index (χ2v) is 7.75. The number of thioether (sulfide) groups is 2. The predicted octanol–water partition coefficient (Wildman–Crippen LogP) is 4.12. The molecule has 2 aromatic rings. The third kappa shape index (κ3) is 5.33. The maximum absolute atomic E-state index is 4.04. The zero-order valence-corrected chi connectivity index (χ0v) is 11.4. The van der Waals surface area contributed by atoms with Crippen LogP contribution in [0.5, 0.6) is 0 Å². The first-order valence-corrected chi connectivity index (χ1v) is 7.70. The van der Waals surface area contributed by atoms with Crippen LogP contribution in [-0.2, 0) is 0 Å². The number of nitrogens with zero attached hydrogens (tertiary/aromatic N) is 4. The number of hydrogen-bond acceptors (Lipinski definition) is 8. The van der Waals surface area contributed by atoms with Crippen molar-refractivity contribution in [3.8, 4) is 0 Å². The molecule has 0 amide bonds. The predicted molar refractivity (Wildman–Crippen MR) is 79.3 cm³/mol. The zero-order valence-electron chi connectivity index (χ0n) is 8.13. The van der Waals surface area contributed by atoms with E-state index in [9.17, 15) is 0 Å². The van der Waals surface area contributed by atoms with Crippen LogP contribution < -0.4 is 0 Å². The lowest BCUT2D eigenvalue weighted by atomic mass is 10.9. The standard InChI is InChI=1S/C7H8N4S4.2CH4/c1-4-8-10-6(14-4)12-3-13-7-11-9-5(2)15-7;;/h3H2,1-2H3;2*1H4. The average molecular weight is 309 g/mol. The van der Waals surface area contributed by atoms with Gasteiger partial charge in [0, 0.05) is 0 Å². The van der Waals surface area contributed by atoms with Crippen LogP contribution in [0.3, 0.4) is 0 Å². The second kappa shape index (κ2) is 8.02. The van der Waals surface area contributed by atoms with Gasteiger partial charge < -0.3 is 0 Å². The molecule has 0 unspecified atom stereocenters. The third-order valence-electron chi connectivity index (χ3n) is 1.38. The Morgan fingerprint density at radius 1 is 0.824 bits per heavy atom. The molecule has 2 heterocycles. The van der Waals surface area contributed by atoms with Crippen molar-refractivity contribution in [1.29, 1.82) is 0 Å². The first-order chi connectivity index (χ1) is 7.24. The highest BCUT2D eigenvalue weighted by atomic mass is 32.2. The van der Waals surface area contributed by atoms with Crippen molar-refractivity contribution < 1.29 is 0 Å². The minimum absolute atomic E-state index is 0. The van der Waals surface area contributed by atoms with Gasteiger partial charge in [-0.25, -0.2) is 0 Å². The van der Waals surface area contributed by atoms with Gasteiger partial charge in [-0.2, -0.15) is 0 Å². The van der Waals surface area contributed by atoms with Crippen molar-refractivity contribution in [2.75, 3.05) is 5.08 Å². The SMILES string of the molecule is C.C.Cc1nnc(SCSc2nnc(C)s2)s1. The fourth-order valence-electron chi connectivity index (χ4n) is 0.804. The number of hydrogen-bond donors (Lipinski definition) is 0. The summed E-state index contributed by atoms with van der Waals surface area (Å²) < 4.78 is 2.03. The molecular formula is C9H16N4S4. The lowest BCUT2D eigenvalue weighted by Crippen LogP contribution is -1.74. The topological polar surface area (TPSA) is 51.6 Å². The van der Waals surface area contributed by atoms with Crippen LogP contribution in [0.15, 0.2) is 8.68 Å². The number of aromatic nitrogens is 4. The van der Waals surface area contributed by atoms with Crippen molar-refractivity contribution in [1.82, 2.24) is 20.4 Å². The van der Waals surface area contributed by atoms with Crippen LogP contribution in [0.25, 0.3) is 0 Å². The molecule has 96 valence electrons. The average Bonchev–Trinajstić information content (AvgIpc) is 2.76. The Morgan fingerprint density at radius 2 is 1.24 bits per heavy atom. The molecule has 4 nitrogen and oxygen atoms in total. The molecule has 0 saturated heterocycles. The van der Waals surface area contributed by atoms with Gasteiger partial charge in [0.05, 0.1) is 5.08 Å². The summed E-state index contributed by atoms with van der Waals surface area (Å²) in [6.07, 6.45) is 0. The zero-order chi connectivity index (χ0) is 10.7. The van der Waals surface area contributed by atoms with Crippen LogP contribution >= 0.6 is 46.2 Å². The highest BCUT2D eigenvalue weighted by molar-refractivity contribution is 8.17. The molecule has 0 radical (unpaired) electrons. The molecule has 0 atom stereocenters. The lowest BCUT2D eigenvalue weighted by molar-refractivity contribution is 0.983. The van der Waals surface area contributed by atoms with E-state index >= 15 is 0 Å². The number of aryl methyl sites for hydroxylation is 2. The molecule has 0 aliphatic rings. The summed E-state index contributed by atoms with van der Waals surface area (Å²) in [5.41, 5.74) is 0. The largest absolute Gasteiger partial charge is 0.175 e. The molecular weight excluding hydrogens is 292 g/mol. The molecule has 0 fully saturated rings. The van der Waals surface area contributed by atoms with Gasteiger partial charge in [-0.05, 0) is 13.8 Å². The summed E-state index contributed by atoms with van der Waals surface area (Å²) in [4.78, 5) is 0. The summed E-state index contributed by atoms with van der Waals surface area (Å²) in [6, 6.07) is 0. The summed E-state index contributed by atoms with van der Waals surface area (Å²) in [5.74, 6) is 0. The van der Waals surface area contributed by atoms with E-state index in [4.69, 9.17) is 0 Å². The summed E-state index contributed by atoms with van der Waals surface area (Å²) in [7, 11) is 0. The van der Waals surface area contributed by atoms with Gasteiger partial charge in [-0.3, -0.25) is 0 Å². The van der Waals surface area contributed by atoms with Crippen molar-refractivity contribution >= 4 is 46.2 Å². The van der Waals surface area contributed by atoms with Crippen molar-refractivity contribution in [3.63, 3.8) is 0 Å². The van der Waals surface area contributed by atoms with Crippen LogP contribution in [0.1, 0.15) is 24.9 Å². The Kier molecular flexibility index (Phi) is 7.93. The van der Waals surface area contributed by atoms with Gasteiger partial charge in [0.1, 0.15) is 10.0 Å². The molecule has 2 aromatic heterocycles. The van der Waals surface area contributed by atoms with Crippen molar-refractivity contribution in [3.05, 3.63) is 10.0 Å². The maximum Gasteiger partial charge on any atom is 0.175 e. The minimum Gasteiger partial charge on any atom is -0.143 e. The fraction of sp³-hybridized carbons (Fsp3) is 0.556. The van der Waals surface area contributed by atoms with E-state index in [0.717, 1.165) is 23.8 Å². The normalized spacial score (nSPS) is 9.53. The molecule has 0 aliphatic carbocycles. The first-order valence-electron chi connectivity index (χ1n) is 4.10. The Morgan fingerprint density at radius 3 is 1.53 bits per heavy atom. The van der Waals surface area contributed by atoms with E-state index in [0.29, 0.717) is 0 Å². The van der Waals surface area contributed by atoms with Gasteiger partial charge in [0.15, 0.2) is 8.68 Å². The van der Waals surface area contributed by atoms with Crippen molar-refractivity contribution in [2.24, 2.45) is 0 Å². The Labute approximate surface area is 119 Å². The minimum atomic E-state index is 0. The van der Waals surface area contributed by atoms with Crippen LogP contribution in [0.2, 0.25) is 0 Å². The van der Waals surface area contributed by atoms with Gasteiger partial charge in [-0.1, -0.05) is 61.1 Å². The second-order valence-electron chi connectivity index (χ2n) is 2.58. The van der Waals surface area contributed by atoms with Gasteiger partial charge in [-0.15, -0.1) is 20.4 Å². The third-order valence-corrected chi connectivity index (χ3v) is 5.45. The smallest absolute Gasteiger partial charge is 0.143 e. The first kappa shape index (κ1) is 16.8. The quantitative estimate of drug-likeness (QED) is 0.625. The van der Waals surface area contributed by atoms with Crippen LogP contribution in [0, 0.1) is 13.8 Å². The monoisotopic (exact) mass is 308 g/mol. The number of rotatable bonds is 4. The van der Waals surface area contributed by atoms with Gasteiger partial charge >= 0.3 is 0 Å². The highest BCUT2D eigenvalue weighted by Crippen LogP contribution is 2.30. The van der Waals surface area contributed by atoms with E-state index in [1.807, 2.05) is 13.8 Å². The Bertz CT molecular complexity index is 399. The molecule has 17 heavy (non-hydrogen) atoms. The van der Waals surface area contributed by atoms with E-state index in [1.165, 1.54) is 0 Å². The molecule has 0 saturated carbocycles. The lowest BCUT2D eigenvalue weighted by Gasteiger charge is -1.92. The molecule has 8 heteroatoms. The highest BCUT2D eigenvalue weighted by Gasteiger charge is 2.04. The molecule has 0 aromatic carbocycles. The Hall–Kier alpha value is -0.180. The molecule has 2 rings (SSSR count). The van der Waals surface area contributed by atoms with Crippen LogP contribution in [0.4, 0.5) is 0 Å². The summed E-state index contributed by atoms with van der Waals surface area (Å²) >= 11 is 6.63. The van der Waals surface area contributed by atoms with E-state index in [2.05, 4.69) is 20.4 Å². The maximum atomic E-state index is 4.04. The van der Waals surface area contributed by atoms with E-state index in [-0.39, 0.29) is 14.9 Å². The molecule has 0 aliphatic heterocycles. The van der Waals surface area contributed by atoms with Crippen molar-refractivity contribution in [2.45, 2.75) is 37.4 Å². The van der Waals surface area contributed by atoms with E-state index < -0.39 is 0 Å². The summed E-state index contributed by atoms with van der Waals surface area (Å²) in [5, 5.41) is 18.9. The van der Waals surface area contributed by atoms with E-state index in [1.54, 1.807) is 46.2 Å². The fourth-order valence-corrected chi connectivity index (χ4v) is 4.94. The van der Waals surface area contributed by atoms with Gasteiger partial charge in [0.2, 0.25) is 0 Å². The molecule has 0 spiro atoms. The van der Waals surface area contributed by atoms with Gasteiger partial charge in [0.25, 0.3) is 0 Å². The Balaban J connectivity index is 0.00000128. The molecule has 0 bridgehead atoms. The molecule has 0 N–H and O–H groups in total. The summed E-state index contributed by atoms with van der Waals surface area (Å²) in [6.45, 7) is 3.92.